The van der Waals surface area contributed by atoms with Gasteiger partial charge in [0.25, 0.3) is 5.91 Å². The summed E-state index contributed by atoms with van der Waals surface area (Å²) in [7, 11) is 0. The van der Waals surface area contributed by atoms with Crippen molar-refractivity contribution in [2.24, 2.45) is 0 Å². The standard InChI is InChI=1S/C13H14N4O4S/c18-11(19)6-17-4-3-10(16-17)15-12(20)8-7-22-13(14-8)9-2-1-5-21-9/h3-4,7,9H,1-2,5-6H2,(H,18,19)(H,15,16,20)/t9-/m1/s1. The van der Waals surface area contributed by atoms with E-state index in [-0.39, 0.29) is 24.4 Å². The van der Waals surface area contributed by atoms with Crippen molar-refractivity contribution in [1.29, 1.82) is 0 Å². The third-order valence-corrected chi connectivity index (χ3v) is 4.08. The molecule has 0 spiro atoms. The molecule has 1 aliphatic heterocycles. The van der Waals surface area contributed by atoms with Crippen molar-refractivity contribution >= 4 is 29.0 Å². The molecule has 0 aromatic carbocycles. The van der Waals surface area contributed by atoms with Gasteiger partial charge in [-0.2, -0.15) is 5.10 Å². The molecule has 0 unspecified atom stereocenters. The number of nitrogens with zero attached hydrogens (tertiary/aromatic N) is 3. The van der Waals surface area contributed by atoms with Crippen molar-refractivity contribution < 1.29 is 19.4 Å². The van der Waals surface area contributed by atoms with Gasteiger partial charge in [0.15, 0.2) is 5.82 Å². The van der Waals surface area contributed by atoms with Gasteiger partial charge in [-0.3, -0.25) is 14.3 Å². The van der Waals surface area contributed by atoms with E-state index in [0.29, 0.717) is 5.69 Å². The number of carboxylic acids is 1. The molecule has 3 rings (SSSR count). The Balaban J connectivity index is 1.64. The Labute approximate surface area is 129 Å². The molecule has 3 heterocycles. The largest absolute Gasteiger partial charge is 0.480 e. The molecule has 8 nitrogen and oxygen atoms in total. The molecule has 2 aromatic heterocycles. The average molecular weight is 322 g/mol. The number of thiazole rings is 1. The Morgan fingerprint density at radius 1 is 1.55 bits per heavy atom. The average Bonchev–Trinajstić information content (AvgIpc) is 3.19. The number of aliphatic carboxylic acids is 1. The van der Waals surface area contributed by atoms with Gasteiger partial charge in [0.2, 0.25) is 0 Å². The molecule has 1 saturated heterocycles. The van der Waals surface area contributed by atoms with Gasteiger partial charge < -0.3 is 15.2 Å². The molecule has 1 aliphatic rings. The minimum absolute atomic E-state index is 0.0127. The van der Waals surface area contributed by atoms with E-state index < -0.39 is 5.97 Å². The van der Waals surface area contributed by atoms with Crippen LogP contribution in [0, 0.1) is 0 Å². The van der Waals surface area contributed by atoms with Crippen LogP contribution in [-0.2, 0) is 16.1 Å². The summed E-state index contributed by atoms with van der Waals surface area (Å²) < 4.78 is 6.77. The molecule has 0 saturated carbocycles. The first-order valence-corrected chi connectivity index (χ1v) is 7.63. The molecule has 0 radical (unpaired) electrons. The van der Waals surface area contributed by atoms with E-state index in [1.54, 1.807) is 5.38 Å². The highest BCUT2D eigenvalue weighted by Gasteiger charge is 2.22. The molecule has 2 aromatic rings. The van der Waals surface area contributed by atoms with Gasteiger partial charge in [-0.15, -0.1) is 11.3 Å². The zero-order valence-corrected chi connectivity index (χ0v) is 12.4. The van der Waals surface area contributed by atoms with Crippen molar-refractivity contribution in [1.82, 2.24) is 14.8 Å². The molecule has 1 amide bonds. The number of aromatic nitrogens is 3. The summed E-state index contributed by atoms with van der Waals surface area (Å²) >= 11 is 1.40. The Morgan fingerprint density at radius 3 is 3.14 bits per heavy atom. The molecule has 9 heteroatoms. The zero-order valence-electron chi connectivity index (χ0n) is 11.6. The molecule has 2 N–H and O–H groups in total. The van der Waals surface area contributed by atoms with Crippen molar-refractivity contribution in [3.63, 3.8) is 0 Å². The number of carbonyl (C=O) groups excluding carboxylic acids is 1. The number of carbonyl (C=O) groups is 2. The Bertz CT molecular complexity index is 690. The molecule has 0 aliphatic carbocycles. The van der Waals surface area contributed by atoms with E-state index in [1.807, 2.05) is 0 Å². The first-order chi connectivity index (χ1) is 10.6. The summed E-state index contributed by atoms with van der Waals surface area (Å²) in [6.45, 7) is 0.475. The summed E-state index contributed by atoms with van der Waals surface area (Å²) in [6.07, 6.45) is 3.41. The van der Waals surface area contributed by atoms with Crippen molar-refractivity contribution in [2.45, 2.75) is 25.5 Å². The van der Waals surface area contributed by atoms with Crippen molar-refractivity contribution in [3.05, 3.63) is 28.3 Å². The number of carboxylic acid groups (broad SMARTS) is 1. The lowest BCUT2D eigenvalue weighted by Crippen LogP contribution is -2.14. The van der Waals surface area contributed by atoms with Gasteiger partial charge in [0.1, 0.15) is 23.4 Å². The number of anilines is 1. The van der Waals surface area contributed by atoms with Crippen LogP contribution in [0.15, 0.2) is 17.6 Å². The number of hydrogen-bond acceptors (Lipinski definition) is 6. The molecular weight excluding hydrogens is 308 g/mol. The van der Waals surface area contributed by atoms with Crippen molar-refractivity contribution in [2.75, 3.05) is 11.9 Å². The minimum Gasteiger partial charge on any atom is -0.480 e. The number of rotatable bonds is 5. The van der Waals surface area contributed by atoms with Gasteiger partial charge in [-0.25, -0.2) is 4.98 Å². The van der Waals surface area contributed by atoms with Gasteiger partial charge in [-0.05, 0) is 12.8 Å². The lowest BCUT2D eigenvalue weighted by molar-refractivity contribution is -0.137. The van der Waals surface area contributed by atoms with Gasteiger partial charge in [0, 0.05) is 24.3 Å². The fourth-order valence-electron chi connectivity index (χ4n) is 2.15. The monoisotopic (exact) mass is 322 g/mol. The van der Waals surface area contributed by atoms with Gasteiger partial charge in [-0.1, -0.05) is 0 Å². The number of nitrogens with one attached hydrogen (secondary N) is 1. The van der Waals surface area contributed by atoms with Crippen LogP contribution in [0.5, 0.6) is 0 Å². The third kappa shape index (κ3) is 3.31. The van der Waals surface area contributed by atoms with E-state index in [0.717, 1.165) is 24.5 Å². The lowest BCUT2D eigenvalue weighted by Gasteiger charge is -2.03. The highest BCUT2D eigenvalue weighted by atomic mass is 32.1. The van der Waals surface area contributed by atoms with E-state index >= 15 is 0 Å². The SMILES string of the molecule is O=C(O)Cn1ccc(NC(=O)c2csc([C@H]3CCCO3)n2)n1. The third-order valence-electron chi connectivity index (χ3n) is 3.14. The van der Waals surface area contributed by atoms with E-state index in [1.165, 1.54) is 28.3 Å². The second kappa shape index (κ2) is 6.24. The van der Waals surface area contributed by atoms with Crippen LogP contribution in [0.4, 0.5) is 5.82 Å². The molecule has 1 atom stereocenters. The summed E-state index contributed by atoms with van der Waals surface area (Å²) in [5.74, 6) is -1.08. The highest BCUT2D eigenvalue weighted by Crippen LogP contribution is 2.30. The number of ether oxygens (including phenoxy) is 1. The van der Waals surface area contributed by atoms with Crippen LogP contribution in [0.25, 0.3) is 0 Å². The second-order valence-electron chi connectivity index (χ2n) is 4.82. The smallest absolute Gasteiger partial charge is 0.325 e. The second-order valence-corrected chi connectivity index (χ2v) is 5.71. The fraction of sp³-hybridized carbons (Fsp3) is 0.385. The van der Waals surface area contributed by atoms with Gasteiger partial charge >= 0.3 is 5.97 Å². The zero-order chi connectivity index (χ0) is 15.5. The van der Waals surface area contributed by atoms with Crippen LogP contribution in [0.3, 0.4) is 0 Å². The molecular formula is C13H14N4O4S. The summed E-state index contributed by atoms with van der Waals surface area (Å²) in [4.78, 5) is 27.0. The maximum Gasteiger partial charge on any atom is 0.325 e. The van der Waals surface area contributed by atoms with Crippen LogP contribution in [-0.4, -0.2) is 38.4 Å². The van der Waals surface area contributed by atoms with E-state index in [9.17, 15) is 9.59 Å². The van der Waals surface area contributed by atoms with Crippen LogP contribution >= 0.6 is 11.3 Å². The van der Waals surface area contributed by atoms with E-state index in [4.69, 9.17) is 9.84 Å². The van der Waals surface area contributed by atoms with Crippen LogP contribution in [0.1, 0.15) is 34.4 Å². The number of amides is 1. The Hall–Kier alpha value is -2.26. The Kier molecular flexibility index (Phi) is 4.16. The fourth-order valence-corrected chi connectivity index (χ4v) is 3.03. The predicted molar refractivity (Wildman–Crippen MR) is 77.9 cm³/mol. The topological polar surface area (TPSA) is 106 Å². The van der Waals surface area contributed by atoms with Gasteiger partial charge in [0.05, 0.1) is 0 Å². The highest BCUT2D eigenvalue weighted by molar-refractivity contribution is 7.09. The lowest BCUT2D eigenvalue weighted by atomic mass is 10.2. The normalized spacial score (nSPS) is 17.5. The Morgan fingerprint density at radius 2 is 2.41 bits per heavy atom. The molecule has 1 fully saturated rings. The quantitative estimate of drug-likeness (QED) is 0.864. The van der Waals surface area contributed by atoms with Crippen LogP contribution < -0.4 is 5.32 Å². The molecule has 22 heavy (non-hydrogen) atoms. The summed E-state index contributed by atoms with van der Waals surface area (Å²) in [6, 6.07) is 1.54. The van der Waals surface area contributed by atoms with Crippen LogP contribution in [0.2, 0.25) is 0 Å². The summed E-state index contributed by atoms with van der Waals surface area (Å²) in [5, 5.41) is 17.7. The molecule has 0 bridgehead atoms. The first-order valence-electron chi connectivity index (χ1n) is 6.75. The predicted octanol–water partition coefficient (Wildman–Crippen LogP) is 1.53. The first kappa shape index (κ1) is 14.7. The minimum atomic E-state index is -0.998. The summed E-state index contributed by atoms with van der Waals surface area (Å²) in [5.41, 5.74) is 0.309. The molecule has 116 valence electrons. The maximum atomic E-state index is 12.1. The van der Waals surface area contributed by atoms with Crippen molar-refractivity contribution in [3.8, 4) is 0 Å². The maximum absolute atomic E-state index is 12.1. The van der Waals surface area contributed by atoms with E-state index in [2.05, 4.69) is 15.4 Å². The number of hydrogen-bond donors (Lipinski definition) is 2.